The SMILES string of the molecule is CCN1CCC[C@@H]1[C@H]1CCCN1C(=O)c1cccc2cccnc12. The van der Waals surface area contributed by atoms with Gasteiger partial charge in [-0.1, -0.05) is 25.1 Å². The maximum Gasteiger partial charge on any atom is 0.256 e. The maximum absolute atomic E-state index is 13.3. The normalized spacial score (nSPS) is 24.8. The molecule has 126 valence electrons. The van der Waals surface area contributed by atoms with Gasteiger partial charge in [-0.25, -0.2) is 0 Å². The summed E-state index contributed by atoms with van der Waals surface area (Å²) < 4.78 is 0. The summed E-state index contributed by atoms with van der Waals surface area (Å²) in [7, 11) is 0. The van der Waals surface area contributed by atoms with Crippen molar-refractivity contribution < 1.29 is 4.79 Å². The fraction of sp³-hybridized carbons (Fsp3) is 0.500. The summed E-state index contributed by atoms with van der Waals surface area (Å²) in [5.41, 5.74) is 1.58. The van der Waals surface area contributed by atoms with E-state index in [4.69, 9.17) is 0 Å². The molecule has 0 radical (unpaired) electrons. The number of carbonyl (C=O) groups is 1. The Morgan fingerprint density at radius 2 is 1.92 bits per heavy atom. The van der Waals surface area contributed by atoms with E-state index >= 15 is 0 Å². The number of fused-ring (bicyclic) bond motifs is 1. The molecule has 0 aliphatic carbocycles. The molecule has 1 aromatic carbocycles. The Bertz CT molecular complexity index is 739. The summed E-state index contributed by atoms with van der Waals surface area (Å²) in [5, 5.41) is 1.04. The van der Waals surface area contributed by atoms with Crippen LogP contribution in [0.1, 0.15) is 43.0 Å². The fourth-order valence-electron chi connectivity index (χ4n) is 4.56. The molecular formula is C20H25N3O. The van der Waals surface area contributed by atoms with E-state index in [9.17, 15) is 4.79 Å². The zero-order valence-corrected chi connectivity index (χ0v) is 14.3. The molecule has 4 rings (SSSR count). The number of para-hydroxylation sites is 1. The first-order valence-electron chi connectivity index (χ1n) is 9.18. The smallest absolute Gasteiger partial charge is 0.256 e. The molecule has 3 heterocycles. The summed E-state index contributed by atoms with van der Waals surface area (Å²) in [5.74, 6) is 0.157. The molecular weight excluding hydrogens is 298 g/mol. The highest BCUT2D eigenvalue weighted by Gasteiger charge is 2.39. The number of aromatic nitrogens is 1. The Morgan fingerprint density at radius 1 is 1.12 bits per heavy atom. The second-order valence-electron chi connectivity index (χ2n) is 6.93. The molecule has 0 unspecified atom stereocenters. The molecule has 0 saturated carbocycles. The van der Waals surface area contributed by atoms with Crippen LogP contribution in [0.3, 0.4) is 0 Å². The standard InChI is InChI=1S/C20H25N3O/c1-2-22-13-5-10-17(22)18-11-6-14-23(18)20(24)16-9-3-7-15-8-4-12-21-19(15)16/h3-4,7-9,12,17-18H,2,5-6,10-11,13-14H2,1H3/t17-,18-/m1/s1. The Balaban J connectivity index is 1.65. The lowest BCUT2D eigenvalue weighted by Crippen LogP contribution is -2.48. The van der Waals surface area contributed by atoms with Crippen LogP contribution in [0.25, 0.3) is 10.9 Å². The summed E-state index contributed by atoms with van der Waals surface area (Å²) >= 11 is 0. The maximum atomic E-state index is 13.3. The molecule has 4 nitrogen and oxygen atoms in total. The van der Waals surface area contributed by atoms with Crippen LogP contribution in [0, 0.1) is 0 Å². The van der Waals surface area contributed by atoms with Gasteiger partial charge in [0.2, 0.25) is 0 Å². The van der Waals surface area contributed by atoms with Crippen LogP contribution in [0.4, 0.5) is 0 Å². The molecule has 2 aromatic rings. The van der Waals surface area contributed by atoms with Gasteiger partial charge >= 0.3 is 0 Å². The van der Waals surface area contributed by atoms with Gasteiger partial charge in [0.25, 0.3) is 5.91 Å². The molecule has 2 atom stereocenters. The van der Waals surface area contributed by atoms with Gasteiger partial charge in [-0.05, 0) is 50.9 Å². The number of nitrogens with zero attached hydrogens (tertiary/aromatic N) is 3. The number of rotatable bonds is 3. The van der Waals surface area contributed by atoms with Crippen LogP contribution in [0.5, 0.6) is 0 Å². The third kappa shape index (κ3) is 2.59. The van der Waals surface area contributed by atoms with Gasteiger partial charge in [-0.2, -0.15) is 0 Å². The third-order valence-corrected chi connectivity index (χ3v) is 5.69. The summed E-state index contributed by atoms with van der Waals surface area (Å²) in [6.45, 7) is 5.36. The van der Waals surface area contributed by atoms with Crippen LogP contribution in [-0.2, 0) is 0 Å². The minimum atomic E-state index is 0.157. The van der Waals surface area contributed by atoms with Gasteiger partial charge in [-0.15, -0.1) is 0 Å². The predicted octanol–water partition coefficient (Wildman–Crippen LogP) is 3.32. The first-order chi connectivity index (χ1) is 11.8. The number of likely N-dealkylation sites (tertiary alicyclic amines) is 2. The van der Waals surface area contributed by atoms with E-state index in [1.165, 1.54) is 19.4 Å². The Kier molecular flexibility index (Phi) is 4.23. The average molecular weight is 323 g/mol. The Labute approximate surface area is 143 Å². The number of amides is 1. The van der Waals surface area contributed by atoms with Crippen molar-refractivity contribution in [3.05, 3.63) is 42.1 Å². The highest BCUT2D eigenvalue weighted by molar-refractivity contribution is 6.05. The van der Waals surface area contributed by atoms with E-state index in [0.29, 0.717) is 12.1 Å². The fourth-order valence-corrected chi connectivity index (χ4v) is 4.56. The molecule has 24 heavy (non-hydrogen) atoms. The van der Waals surface area contributed by atoms with Crippen LogP contribution in [-0.4, -0.2) is 52.4 Å². The minimum Gasteiger partial charge on any atom is -0.334 e. The Morgan fingerprint density at radius 3 is 2.79 bits per heavy atom. The highest BCUT2D eigenvalue weighted by atomic mass is 16.2. The zero-order valence-electron chi connectivity index (χ0n) is 14.3. The van der Waals surface area contributed by atoms with Crippen molar-refractivity contribution in [2.45, 2.75) is 44.7 Å². The lowest BCUT2D eigenvalue weighted by molar-refractivity contribution is 0.0651. The van der Waals surface area contributed by atoms with E-state index in [0.717, 1.165) is 42.4 Å². The van der Waals surface area contributed by atoms with E-state index in [2.05, 4.69) is 21.7 Å². The number of hydrogen-bond donors (Lipinski definition) is 0. The summed E-state index contributed by atoms with van der Waals surface area (Å²) in [6, 6.07) is 10.8. The van der Waals surface area contributed by atoms with E-state index in [1.54, 1.807) is 6.20 Å². The van der Waals surface area contributed by atoms with Crippen molar-refractivity contribution in [3.63, 3.8) is 0 Å². The van der Waals surface area contributed by atoms with Crippen molar-refractivity contribution in [3.8, 4) is 0 Å². The third-order valence-electron chi connectivity index (χ3n) is 5.69. The van der Waals surface area contributed by atoms with E-state index < -0.39 is 0 Å². The molecule has 2 fully saturated rings. The number of pyridine rings is 1. The quantitative estimate of drug-likeness (QED) is 0.869. The summed E-state index contributed by atoms with van der Waals surface area (Å²) in [6.07, 6.45) is 6.49. The molecule has 2 aliphatic rings. The van der Waals surface area contributed by atoms with Gasteiger partial charge in [0.05, 0.1) is 11.1 Å². The zero-order chi connectivity index (χ0) is 16.5. The largest absolute Gasteiger partial charge is 0.334 e. The lowest BCUT2D eigenvalue weighted by Gasteiger charge is -2.34. The molecule has 4 heteroatoms. The number of benzene rings is 1. The van der Waals surface area contributed by atoms with Crippen molar-refractivity contribution >= 4 is 16.8 Å². The lowest BCUT2D eigenvalue weighted by atomic mass is 10.0. The van der Waals surface area contributed by atoms with Crippen molar-refractivity contribution in [2.75, 3.05) is 19.6 Å². The van der Waals surface area contributed by atoms with Gasteiger partial charge in [0.1, 0.15) is 0 Å². The van der Waals surface area contributed by atoms with Gasteiger partial charge in [0.15, 0.2) is 0 Å². The van der Waals surface area contributed by atoms with Crippen LogP contribution in [0.15, 0.2) is 36.5 Å². The first-order valence-corrected chi connectivity index (χ1v) is 9.18. The van der Waals surface area contributed by atoms with E-state index in [-0.39, 0.29) is 5.91 Å². The van der Waals surface area contributed by atoms with Gasteiger partial charge in [-0.3, -0.25) is 14.7 Å². The Hall–Kier alpha value is -1.94. The molecule has 1 aromatic heterocycles. The van der Waals surface area contributed by atoms with Gasteiger partial charge in [0, 0.05) is 30.2 Å². The first kappa shape index (κ1) is 15.6. The molecule has 0 N–H and O–H groups in total. The summed E-state index contributed by atoms with van der Waals surface area (Å²) in [4.78, 5) is 22.4. The molecule has 0 spiro atoms. The van der Waals surface area contributed by atoms with Crippen LogP contribution in [0.2, 0.25) is 0 Å². The van der Waals surface area contributed by atoms with Crippen molar-refractivity contribution in [1.29, 1.82) is 0 Å². The van der Waals surface area contributed by atoms with Crippen LogP contribution < -0.4 is 0 Å². The van der Waals surface area contributed by atoms with Gasteiger partial charge < -0.3 is 4.90 Å². The highest BCUT2D eigenvalue weighted by Crippen LogP contribution is 2.31. The average Bonchev–Trinajstić information content (AvgIpc) is 3.28. The molecule has 2 aliphatic heterocycles. The molecule has 1 amide bonds. The predicted molar refractivity (Wildman–Crippen MR) is 96.1 cm³/mol. The second kappa shape index (κ2) is 6.52. The second-order valence-corrected chi connectivity index (χ2v) is 6.93. The van der Waals surface area contributed by atoms with Crippen molar-refractivity contribution in [1.82, 2.24) is 14.8 Å². The minimum absolute atomic E-state index is 0.157. The molecule has 0 bridgehead atoms. The number of likely N-dealkylation sites (N-methyl/N-ethyl adjacent to an activating group) is 1. The monoisotopic (exact) mass is 323 g/mol. The topological polar surface area (TPSA) is 36.4 Å². The number of hydrogen-bond acceptors (Lipinski definition) is 3. The number of carbonyl (C=O) groups excluding carboxylic acids is 1. The van der Waals surface area contributed by atoms with E-state index in [1.807, 2.05) is 30.3 Å². The van der Waals surface area contributed by atoms with Crippen LogP contribution >= 0.6 is 0 Å². The molecule has 2 saturated heterocycles. The van der Waals surface area contributed by atoms with Crippen molar-refractivity contribution in [2.24, 2.45) is 0 Å².